The minimum atomic E-state index is -1.03. The van der Waals surface area contributed by atoms with Crippen LogP contribution in [0.4, 0.5) is 0 Å². The molecule has 1 N–H and O–H groups in total. The lowest BCUT2D eigenvalue weighted by atomic mass is 9.87. The fraction of sp³-hybridized carbons (Fsp3) is 0.250. The number of aromatic nitrogens is 1. The van der Waals surface area contributed by atoms with Crippen LogP contribution in [0.2, 0.25) is 0 Å². The topological polar surface area (TPSA) is 59.4 Å². The summed E-state index contributed by atoms with van der Waals surface area (Å²) in [7, 11) is 0. The Hall–Kier alpha value is -2.36. The van der Waals surface area contributed by atoms with Gasteiger partial charge in [0.2, 0.25) is 0 Å². The van der Waals surface area contributed by atoms with E-state index in [1.807, 2.05) is 18.2 Å². The second kappa shape index (κ2) is 5.33. The second-order valence-electron chi connectivity index (χ2n) is 5.56. The number of hydrogen-bond acceptors (Lipinski definition) is 3. The highest BCUT2D eigenvalue weighted by Gasteiger charge is 2.15. The summed E-state index contributed by atoms with van der Waals surface area (Å²) in [5.41, 5.74) is 1.22. The number of hydrogen-bond donors (Lipinski definition) is 1. The van der Waals surface area contributed by atoms with E-state index in [0.717, 1.165) is 5.56 Å². The van der Waals surface area contributed by atoms with Crippen LogP contribution in [0.3, 0.4) is 0 Å². The van der Waals surface area contributed by atoms with E-state index < -0.39 is 5.97 Å². The number of carbonyl (C=O) groups is 1. The quantitative estimate of drug-likeness (QED) is 0.920. The molecule has 4 nitrogen and oxygen atoms in total. The zero-order valence-electron chi connectivity index (χ0n) is 11.8. The van der Waals surface area contributed by atoms with Crippen LogP contribution in [0.1, 0.15) is 36.7 Å². The monoisotopic (exact) mass is 271 g/mol. The third-order valence-corrected chi connectivity index (χ3v) is 2.94. The minimum Gasteiger partial charge on any atom is -0.478 e. The molecule has 1 aromatic carbocycles. The zero-order valence-corrected chi connectivity index (χ0v) is 11.8. The molecule has 0 fully saturated rings. The van der Waals surface area contributed by atoms with Crippen molar-refractivity contribution in [3.63, 3.8) is 0 Å². The Morgan fingerprint density at radius 2 is 2.00 bits per heavy atom. The molecule has 0 aliphatic carbocycles. The van der Waals surface area contributed by atoms with Gasteiger partial charge in [-0.2, -0.15) is 0 Å². The van der Waals surface area contributed by atoms with E-state index >= 15 is 0 Å². The van der Waals surface area contributed by atoms with E-state index in [9.17, 15) is 4.79 Å². The second-order valence-corrected chi connectivity index (χ2v) is 5.56. The summed E-state index contributed by atoms with van der Waals surface area (Å²) >= 11 is 0. The van der Waals surface area contributed by atoms with Crippen molar-refractivity contribution in [2.45, 2.75) is 26.2 Å². The predicted molar refractivity (Wildman–Crippen MR) is 76.4 cm³/mol. The van der Waals surface area contributed by atoms with Gasteiger partial charge < -0.3 is 9.84 Å². The summed E-state index contributed by atoms with van der Waals surface area (Å²) < 4.78 is 5.66. The molecule has 2 aromatic rings. The Kier molecular flexibility index (Phi) is 3.74. The smallest absolute Gasteiger partial charge is 0.339 e. The minimum absolute atomic E-state index is 0.00390. The number of carboxylic acids is 1. The number of ether oxygens (including phenoxy) is 1. The SMILES string of the molecule is CC(C)(C)c1cccc(Oc2cnccc2C(=O)O)c1. The van der Waals surface area contributed by atoms with Crippen molar-refractivity contribution in [3.05, 3.63) is 53.9 Å². The van der Waals surface area contributed by atoms with Gasteiger partial charge in [-0.05, 0) is 29.2 Å². The Bertz CT molecular complexity index is 630. The first kappa shape index (κ1) is 14.1. The number of pyridine rings is 1. The Balaban J connectivity index is 2.34. The maximum absolute atomic E-state index is 11.1. The molecule has 0 saturated carbocycles. The average Bonchev–Trinajstić information content (AvgIpc) is 2.38. The van der Waals surface area contributed by atoms with Gasteiger partial charge in [0, 0.05) is 6.20 Å². The molecule has 1 heterocycles. The lowest BCUT2D eigenvalue weighted by molar-refractivity contribution is 0.0694. The summed E-state index contributed by atoms with van der Waals surface area (Å²) in [6.07, 6.45) is 2.84. The molecule has 0 amide bonds. The normalized spacial score (nSPS) is 11.2. The van der Waals surface area contributed by atoms with Crippen LogP contribution in [0, 0.1) is 0 Å². The van der Waals surface area contributed by atoms with Crippen LogP contribution < -0.4 is 4.74 Å². The molecule has 0 spiro atoms. The molecule has 20 heavy (non-hydrogen) atoms. The number of carboxylic acid groups (broad SMARTS) is 1. The van der Waals surface area contributed by atoms with Crippen LogP contribution in [0.15, 0.2) is 42.7 Å². The number of nitrogens with zero attached hydrogens (tertiary/aromatic N) is 1. The Morgan fingerprint density at radius 3 is 2.65 bits per heavy atom. The van der Waals surface area contributed by atoms with Crippen molar-refractivity contribution in [3.8, 4) is 11.5 Å². The zero-order chi connectivity index (χ0) is 14.8. The van der Waals surface area contributed by atoms with Gasteiger partial charge in [0.05, 0.1) is 6.20 Å². The van der Waals surface area contributed by atoms with Gasteiger partial charge in [-0.15, -0.1) is 0 Å². The van der Waals surface area contributed by atoms with E-state index in [0.29, 0.717) is 5.75 Å². The highest BCUT2D eigenvalue weighted by Crippen LogP contribution is 2.29. The molecule has 0 saturated heterocycles. The van der Waals surface area contributed by atoms with Crippen LogP contribution in [-0.4, -0.2) is 16.1 Å². The van der Waals surface area contributed by atoms with Gasteiger partial charge in [-0.1, -0.05) is 32.9 Å². The van der Waals surface area contributed by atoms with E-state index in [1.54, 1.807) is 6.07 Å². The molecule has 4 heteroatoms. The molecular formula is C16H17NO3. The van der Waals surface area contributed by atoms with Crippen molar-refractivity contribution < 1.29 is 14.6 Å². The first-order valence-corrected chi connectivity index (χ1v) is 6.33. The molecule has 1 aromatic heterocycles. The average molecular weight is 271 g/mol. The van der Waals surface area contributed by atoms with Crippen molar-refractivity contribution >= 4 is 5.97 Å². The fourth-order valence-corrected chi connectivity index (χ4v) is 1.79. The molecule has 0 unspecified atom stereocenters. The highest BCUT2D eigenvalue weighted by molar-refractivity contribution is 5.90. The van der Waals surface area contributed by atoms with Crippen molar-refractivity contribution in [2.75, 3.05) is 0 Å². The van der Waals surface area contributed by atoms with E-state index in [4.69, 9.17) is 9.84 Å². The standard InChI is InChI=1S/C16H17NO3/c1-16(2,3)11-5-4-6-12(9-11)20-14-10-17-8-7-13(14)15(18)19/h4-10H,1-3H3,(H,18,19). The number of benzene rings is 1. The number of rotatable bonds is 3. The van der Waals surface area contributed by atoms with Gasteiger partial charge in [0.15, 0.2) is 5.75 Å². The van der Waals surface area contributed by atoms with Crippen LogP contribution >= 0.6 is 0 Å². The summed E-state index contributed by atoms with van der Waals surface area (Å²) in [5.74, 6) is -0.187. The lowest BCUT2D eigenvalue weighted by Crippen LogP contribution is -2.10. The number of aromatic carboxylic acids is 1. The van der Waals surface area contributed by atoms with Crippen molar-refractivity contribution in [2.24, 2.45) is 0 Å². The molecule has 0 aliphatic rings. The first-order chi connectivity index (χ1) is 9.38. The van der Waals surface area contributed by atoms with Crippen LogP contribution in [0.5, 0.6) is 11.5 Å². The maximum Gasteiger partial charge on any atom is 0.339 e. The third kappa shape index (κ3) is 3.15. The molecule has 2 rings (SSSR count). The maximum atomic E-state index is 11.1. The van der Waals surface area contributed by atoms with Gasteiger partial charge in [-0.25, -0.2) is 4.79 Å². The molecule has 0 bridgehead atoms. The van der Waals surface area contributed by atoms with Gasteiger partial charge >= 0.3 is 5.97 Å². The molecule has 0 radical (unpaired) electrons. The van der Waals surface area contributed by atoms with Gasteiger partial charge in [-0.3, -0.25) is 4.98 Å². The first-order valence-electron chi connectivity index (χ1n) is 6.33. The van der Waals surface area contributed by atoms with Crippen molar-refractivity contribution in [1.82, 2.24) is 4.98 Å². The van der Waals surface area contributed by atoms with Gasteiger partial charge in [0.25, 0.3) is 0 Å². The summed E-state index contributed by atoms with van der Waals surface area (Å²) in [5, 5.41) is 9.12. The molecule has 0 atom stereocenters. The van der Waals surface area contributed by atoms with Crippen LogP contribution in [-0.2, 0) is 5.41 Å². The summed E-state index contributed by atoms with van der Waals surface area (Å²) in [6.45, 7) is 6.33. The summed E-state index contributed by atoms with van der Waals surface area (Å²) in [4.78, 5) is 15.0. The van der Waals surface area contributed by atoms with Crippen molar-refractivity contribution in [1.29, 1.82) is 0 Å². The van der Waals surface area contributed by atoms with Gasteiger partial charge in [0.1, 0.15) is 11.3 Å². The molecular weight excluding hydrogens is 254 g/mol. The van der Waals surface area contributed by atoms with E-state index in [2.05, 4.69) is 25.8 Å². The molecule has 104 valence electrons. The third-order valence-electron chi connectivity index (χ3n) is 2.94. The highest BCUT2D eigenvalue weighted by atomic mass is 16.5. The summed E-state index contributed by atoms with van der Waals surface area (Å²) in [6, 6.07) is 9.05. The lowest BCUT2D eigenvalue weighted by Gasteiger charge is -2.19. The Labute approximate surface area is 118 Å². The van der Waals surface area contributed by atoms with Crippen LogP contribution in [0.25, 0.3) is 0 Å². The predicted octanol–water partition coefficient (Wildman–Crippen LogP) is 3.87. The van der Waals surface area contributed by atoms with E-state index in [-0.39, 0.29) is 16.7 Å². The largest absolute Gasteiger partial charge is 0.478 e. The fourth-order valence-electron chi connectivity index (χ4n) is 1.79. The Morgan fingerprint density at radius 1 is 1.25 bits per heavy atom. The molecule has 0 aliphatic heterocycles. The van der Waals surface area contributed by atoms with E-state index in [1.165, 1.54) is 18.5 Å².